The van der Waals surface area contributed by atoms with Gasteiger partial charge in [-0.15, -0.1) is 0 Å². The molecule has 2 aromatic rings. The zero-order valence-electron chi connectivity index (χ0n) is 9.97. The molecule has 0 saturated heterocycles. The molecule has 2 rings (SSSR count). The van der Waals surface area contributed by atoms with E-state index in [0.717, 1.165) is 18.4 Å². The number of aliphatic hydroxyl groups is 1. The van der Waals surface area contributed by atoms with Crippen molar-refractivity contribution in [1.29, 1.82) is 0 Å². The number of hydrogen-bond donors (Lipinski definition) is 1. The van der Waals surface area contributed by atoms with Crippen LogP contribution in [0.15, 0.2) is 41.3 Å². The van der Waals surface area contributed by atoms with E-state index in [2.05, 4.69) is 0 Å². The van der Waals surface area contributed by atoms with E-state index in [1.807, 2.05) is 35.8 Å². The van der Waals surface area contributed by atoms with Crippen molar-refractivity contribution in [2.24, 2.45) is 0 Å². The van der Waals surface area contributed by atoms with Gasteiger partial charge in [0.25, 0.3) is 0 Å². The van der Waals surface area contributed by atoms with Gasteiger partial charge in [0.2, 0.25) is 0 Å². The van der Waals surface area contributed by atoms with Crippen molar-refractivity contribution in [3.8, 4) is 0 Å². The largest absolute Gasteiger partial charge is 0.391 e. The highest BCUT2D eigenvalue weighted by Crippen LogP contribution is 2.11. The summed E-state index contributed by atoms with van der Waals surface area (Å²) in [5, 5.41) is 10.5. The molecule has 0 bridgehead atoms. The molecule has 3 nitrogen and oxygen atoms in total. The van der Waals surface area contributed by atoms with Crippen LogP contribution in [0.1, 0.15) is 19.8 Å². The van der Waals surface area contributed by atoms with Crippen molar-refractivity contribution >= 4 is 10.9 Å². The number of aromatic nitrogens is 1. The van der Waals surface area contributed by atoms with Gasteiger partial charge in [-0.3, -0.25) is 4.79 Å². The molecule has 0 amide bonds. The number of rotatable bonds is 4. The first kappa shape index (κ1) is 11.9. The summed E-state index contributed by atoms with van der Waals surface area (Å²) in [5.74, 6) is 0. The molecule has 1 heterocycles. The molecule has 1 atom stereocenters. The molecule has 1 unspecified atom stereocenters. The van der Waals surface area contributed by atoms with Crippen LogP contribution in [-0.4, -0.2) is 15.8 Å². The lowest BCUT2D eigenvalue weighted by molar-refractivity contribution is 0.145. The lowest BCUT2D eigenvalue weighted by Gasteiger charge is -2.14. The number of hydrogen-bond acceptors (Lipinski definition) is 2. The number of para-hydroxylation sites is 1. The van der Waals surface area contributed by atoms with Gasteiger partial charge in [-0.1, -0.05) is 25.5 Å². The van der Waals surface area contributed by atoms with Crippen molar-refractivity contribution in [2.45, 2.75) is 32.4 Å². The summed E-state index contributed by atoms with van der Waals surface area (Å²) >= 11 is 0. The summed E-state index contributed by atoms with van der Waals surface area (Å²) in [6, 6.07) is 9.05. The second kappa shape index (κ2) is 5.15. The quantitative estimate of drug-likeness (QED) is 0.876. The second-order valence-corrected chi connectivity index (χ2v) is 4.29. The number of fused-ring (bicyclic) bond motifs is 1. The van der Waals surface area contributed by atoms with E-state index in [0.29, 0.717) is 11.9 Å². The van der Waals surface area contributed by atoms with Crippen molar-refractivity contribution in [3.63, 3.8) is 0 Å². The number of benzene rings is 1. The van der Waals surface area contributed by atoms with E-state index >= 15 is 0 Å². The smallest absolute Gasteiger partial charge is 0.189 e. The van der Waals surface area contributed by atoms with Crippen molar-refractivity contribution in [1.82, 2.24) is 4.57 Å². The molecular formula is C14H17NO2. The molecule has 1 aromatic carbocycles. The van der Waals surface area contributed by atoms with Gasteiger partial charge >= 0.3 is 0 Å². The van der Waals surface area contributed by atoms with Gasteiger partial charge in [-0.2, -0.15) is 0 Å². The monoisotopic (exact) mass is 231 g/mol. The van der Waals surface area contributed by atoms with E-state index in [4.69, 9.17) is 0 Å². The Balaban J connectivity index is 2.41. The zero-order chi connectivity index (χ0) is 12.3. The van der Waals surface area contributed by atoms with Gasteiger partial charge in [0.15, 0.2) is 5.43 Å². The van der Waals surface area contributed by atoms with Gasteiger partial charge in [-0.05, 0) is 18.6 Å². The molecule has 0 aliphatic heterocycles. The summed E-state index contributed by atoms with van der Waals surface area (Å²) in [7, 11) is 0. The zero-order valence-corrected chi connectivity index (χ0v) is 9.97. The van der Waals surface area contributed by atoms with Crippen LogP contribution in [0.2, 0.25) is 0 Å². The normalized spacial score (nSPS) is 12.8. The van der Waals surface area contributed by atoms with Gasteiger partial charge in [0.1, 0.15) is 0 Å². The summed E-state index contributed by atoms with van der Waals surface area (Å²) < 4.78 is 1.94. The molecule has 17 heavy (non-hydrogen) atoms. The summed E-state index contributed by atoms with van der Waals surface area (Å²) in [4.78, 5) is 11.7. The topological polar surface area (TPSA) is 42.2 Å². The molecule has 3 heteroatoms. The summed E-state index contributed by atoms with van der Waals surface area (Å²) in [6.07, 6.45) is 3.13. The molecule has 0 saturated carbocycles. The Morgan fingerprint density at radius 2 is 2.06 bits per heavy atom. The highest BCUT2D eigenvalue weighted by atomic mass is 16.3. The van der Waals surface area contributed by atoms with E-state index in [-0.39, 0.29) is 11.5 Å². The van der Waals surface area contributed by atoms with Gasteiger partial charge in [0.05, 0.1) is 11.6 Å². The van der Waals surface area contributed by atoms with Crippen molar-refractivity contribution in [3.05, 3.63) is 46.8 Å². The minimum absolute atomic E-state index is 0.0295. The maximum absolute atomic E-state index is 11.7. The van der Waals surface area contributed by atoms with Crippen LogP contribution in [0.5, 0.6) is 0 Å². The Morgan fingerprint density at radius 1 is 1.29 bits per heavy atom. The van der Waals surface area contributed by atoms with Gasteiger partial charge < -0.3 is 9.67 Å². The summed E-state index contributed by atoms with van der Waals surface area (Å²) in [6.45, 7) is 2.58. The molecule has 90 valence electrons. The molecular weight excluding hydrogens is 214 g/mol. The average Bonchev–Trinajstić information content (AvgIpc) is 2.34. The Labute approximate surface area is 100 Å². The number of nitrogens with zero attached hydrogens (tertiary/aromatic N) is 1. The van der Waals surface area contributed by atoms with Crippen LogP contribution >= 0.6 is 0 Å². The van der Waals surface area contributed by atoms with E-state index < -0.39 is 0 Å². The fraction of sp³-hybridized carbons (Fsp3) is 0.357. The first-order valence-corrected chi connectivity index (χ1v) is 5.98. The minimum Gasteiger partial charge on any atom is -0.391 e. The molecule has 0 fully saturated rings. The maximum Gasteiger partial charge on any atom is 0.189 e. The van der Waals surface area contributed by atoms with Crippen LogP contribution < -0.4 is 5.43 Å². The van der Waals surface area contributed by atoms with Crippen molar-refractivity contribution in [2.75, 3.05) is 0 Å². The average molecular weight is 231 g/mol. The molecule has 0 aliphatic rings. The fourth-order valence-electron chi connectivity index (χ4n) is 2.07. The molecule has 1 N–H and O–H groups in total. The Hall–Kier alpha value is -1.61. The third-order valence-corrected chi connectivity index (χ3v) is 2.91. The molecule has 0 spiro atoms. The molecule has 1 aromatic heterocycles. The SMILES string of the molecule is CCCC(O)Cn1ccc(=O)c2ccccc21. The maximum atomic E-state index is 11.7. The Kier molecular flexibility index (Phi) is 3.59. The van der Waals surface area contributed by atoms with Crippen LogP contribution in [-0.2, 0) is 6.54 Å². The number of aliphatic hydroxyl groups excluding tert-OH is 1. The van der Waals surface area contributed by atoms with Crippen LogP contribution in [0.4, 0.5) is 0 Å². The van der Waals surface area contributed by atoms with Gasteiger partial charge in [0, 0.05) is 24.2 Å². The molecule has 0 radical (unpaired) electrons. The van der Waals surface area contributed by atoms with E-state index in [9.17, 15) is 9.90 Å². The number of pyridine rings is 1. The first-order chi connectivity index (χ1) is 8.22. The second-order valence-electron chi connectivity index (χ2n) is 4.29. The van der Waals surface area contributed by atoms with Crippen LogP contribution in [0.25, 0.3) is 10.9 Å². The standard InChI is InChI=1S/C14H17NO2/c1-2-5-11(16)10-15-9-8-14(17)12-6-3-4-7-13(12)15/h3-4,6-9,11,16H,2,5,10H2,1H3. The van der Waals surface area contributed by atoms with Gasteiger partial charge in [-0.25, -0.2) is 0 Å². The molecule has 0 aliphatic carbocycles. The predicted octanol–water partition coefficient (Wildman–Crippen LogP) is 2.16. The summed E-state index contributed by atoms with van der Waals surface area (Å²) in [5.41, 5.74) is 0.914. The third kappa shape index (κ3) is 2.56. The first-order valence-electron chi connectivity index (χ1n) is 5.98. The minimum atomic E-state index is -0.356. The fourth-order valence-corrected chi connectivity index (χ4v) is 2.07. The lowest BCUT2D eigenvalue weighted by atomic mass is 10.1. The predicted molar refractivity (Wildman–Crippen MR) is 69.1 cm³/mol. The highest BCUT2D eigenvalue weighted by molar-refractivity contribution is 5.78. The lowest BCUT2D eigenvalue weighted by Crippen LogP contribution is -2.17. The van der Waals surface area contributed by atoms with E-state index in [1.165, 1.54) is 0 Å². The Morgan fingerprint density at radius 3 is 2.82 bits per heavy atom. The van der Waals surface area contributed by atoms with Crippen molar-refractivity contribution < 1.29 is 5.11 Å². The Bertz CT molecular complexity index is 559. The third-order valence-electron chi connectivity index (χ3n) is 2.91. The van der Waals surface area contributed by atoms with Crippen LogP contribution in [0, 0.1) is 0 Å². The highest BCUT2D eigenvalue weighted by Gasteiger charge is 2.06. The van der Waals surface area contributed by atoms with E-state index in [1.54, 1.807) is 12.3 Å². The van der Waals surface area contributed by atoms with Crippen LogP contribution in [0.3, 0.4) is 0 Å².